The molecule has 0 radical (unpaired) electrons. The van der Waals surface area contributed by atoms with Crippen molar-refractivity contribution in [3.05, 3.63) is 72.4 Å². The van der Waals surface area contributed by atoms with Crippen LogP contribution in [0.4, 0.5) is 0 Å². The van der Waals surface area contributed by atoms with Crippen LogP contribution in [0.25, 0.3) is 0 Å². The van der Waals surface area contributed by atoms with Gasteiger partial charge in [0, 0.05) is 0 Å². The minimum absolute atomic E-state index is 1.01. The van der Waals surface area contributed by atoms with E-state index in [-0.39, 0.29) is 0 Å². The van der Waals surface area contributed by atoms with Gasteiger partial charge in [0.1, 0.15) is 0 Å². The first-order valence-electron chi connectivity index (χ1n) is 5.87. The zero-order valence-electron chi connectivity index (χ0n) is 10.6. The van der Waals surface area contributed by atoms with Crippen molar-refractivity contribution in [2.24, 2.45) is 0 Å². The number of hydrogen-bond donors (Lipinski definition) is 0. The molecule has 1 aliphatic rings. The second kappa shape index (κ2) is 9.97. The fourth-order valence-corrected chi connectivity index (χ4v) is 1.33. The Bertz CT molecular complexity index is 333. The highest BCUT2D eigenvalue weighted by atomic mass is 14.0. The summed E-state index contributed by atoms with van der Waals surface area (Å²) in [7, 11) is 0. The topological polar surface area (TPSA) is 0 Å². The van der Waals surface area contributed by atoms with Crippen molar-refractivity contribution in [1.82, 2.24) is 0 Å². The van der Waals surface area contributed by atoms with Gasteiger partial charge in [0.2, 0.25) is 0 Å². The largest absolute Gasteiger partial charge is 0.0990 e. The molecule has 16 heavy (non-hydrogen) atoms. The van der Waals surface area contributed by atoms with Crippen LogP contribution < -0.4 is 0 Å². The molecule has 0 heteroatoms. The SMILES string of the molecule is C=C/C=C(\C=C/C)C1=CC=CCC=C1.CC. The standard InChI is InChI=1S/C14H16.C2H6/c1-3-9-13(10-4-2)14-11-7-5-6-8-12-14;1-2/h3-5,7-12H,1,6H2,2H3;1-2H3/b10-4-,13-9+;. The van der Waals surface area contributed by atoms with Crippen LogP contribution in [0.1, 0.15) is 27.2 Å². The maximum Gasteiger partial charge on any atom is -0.0163 e. The minimum atomic E-state index is 1.01. The van der Waals surface area contributed by atoms with Gasteiger partial charge < -0.3 is 0 Å². The molecule has 0 atom stereocenters. The zero-order valence-corrected chi connectivity index (χ0v) is 10.6. The maximum atomic E-state index is 3.72. The smallest absolute Gasteiger partial charge is 0.0163 e. The van der Waals surface area contributed by atoms with E-state index in [0.717, 1.165) is 6.42 Å². The van der Waals surface area contributed by atoms with E-state index in [1.807, 2.05) is 39.0 Å². The molecule has 0 aliphatic heterocycles. The van der Waals surface area contributed by atoms with Gasteiger partial charge >= 0.3 is 0 Å². The Balaban J connectivity index is 0.00000106. The fraction of sp³-hybridized carbons (Fsp3) is 0.250. The Morgan fingerprint density at radius 1 is 1.31 bits per heavy atom. The molecule has 0 aromatic rings. The molecule has 0 amide bonds. The molecule has 0 aromatic carbocycles. The summed E-state index contributed by atoms with van der Waals surface area (Å²) in [5.74, 6) is 0. The van der Waals surface area contributed by atoms with Crippen molar-refractivity contribution in [2.75, 3.05) is 0 Å². The van der Waals surface area contributed by atoms with Gasteiger partial charge in [0.25, 0.3) is 0 Å². The quantitative estimate of drug-likeness (QED) is 0.570. The lowest BCUT2D eigenvalue weighted by Crippen LogP contribution is -1.81. The van der Waals surface area contributed by atoms with Crippen LogP contribution in [-0.2, 0) is 0 Å². The zero-order chi connectivity index (χ0) is 12.2. The first-order chi connectivity index (χ1) is 7.88. The first kappa shape index (κ1) is 14.4. The van der Waals surface area contributed by atoms with Crippen molar-refractivity contribution in [3.63, 3.8) is 0 Å². The van der Waals surface area contributed by atoms with E-state index >= 15 is 0 Å². The Hall–Kier alpha value is -1.56. The Morgan fingerprint density at radius 2 is 2.06 bits per heavy atom. The Kier molecular flexibility index (Phi) is 9.00. The van der Waals surface area contributed by atoms with E-state index in [0.29, 0.717) is 0 Å². The molecule has 0 aromatic heterocycles. The molecule has 0 saturated heterocycles. The lowest BCUT2D eigenvalue weighted by Gasteiger charge is -2.00. The normalized spacial score (nSPS) is 15.2. The molecule has 0 heterocycles. The summed E-state index contributed by atoms with van der Waals surface area (Å²) in [6.07, 6.45) is 19.7. The van der Waals surface area contributed by atoms with Crippen LogP contribution in [0.15, 0.2) is 72.4 Å². The maximum absolute atomic E-state index is 3.72. The van der Waals surface area contributed by atoms with Crippen LogP contribution >= 0.6 is 0 Å². The van der Waals surface area contributed by atoms with Gasteiger partial charge in [-0.3, -0.25) is 0 Å². The summed E-state index contributed by atoms with van der Waals surface area (Å²) in [6, 6.07) is 0. The molecule has 0 saturated carbocycles. The predicted molar refractivity (Wildman–Crippen MR) is 75.4 cm³/mol. The third kappa shape index (κ3) is 5.35. The third-order valence-electron chi connectivity index (χ3n) is 1.96. The van der Waals surface area contributed by atoms with Crippen LogP contribution in [0.5, 0.6) is 0 Å². The fourth-order valence-electron chi connectivity index (χ4n) is 1.33. The van der Waals surface area contributed by atoms with Crippen molar-refractivity contribution in [3.8, 4) is 0 Å². The van der Waals surface area contributed by atoms with Gasteiger partial charge in [-0.15, -0.1) is 0 Å². The second-order valence-corrected chi connectivity index (χ2v) is 3.05. The van der Waals surface area contributed by atoms with Gasteiger partial charge in [-0.25, -0.2) is 0 Å². The van der Waals surface area contributed by atoms with E-state index in [4.69, 9.17) is 0 Å². The summed E-state index contributed by atoms with van der Waals surface area (Å²) in [6.45, 7) is 9.74. The summed E-state index contributed by atoms with van der Waals surface area (Å²) in [5, 5.41) is 0. The first-order valence-corrected chi connectivity index (χ1v) is 5.87. The van der Waals surface area contributed by atoms with E-state index < -0.39 is 0 Å². The van der Waals surface area contributed by atoms with Crippen LogP contribution in [0, 0.1) is 0 Å². The molecular weight excluding hydrogens is 192 g/mol. The van der Waals surface area contributed by atoms with Gasteiger partial charge in [-0.1, -0.05) is 75.1 Å². The highest BCUT2D eigenvalue weighted by Crippen LogP contribution is 2.16. The summed E-state index contributed by atoms with van der Waals surface area (Å²) < 4.78 is 0. The average Bonchev–Trinajstić information content (AvgIpc) is 2.60. The van der Waals surface area contributed by atoms with E-state index in [1.165, 1.54) is 11.1 Å². The lowest BCUT2D eigenvalue weighted by atomic mass is 10.0. The van der Waals surface area contributed by atoms with Gasteiger partial charge in [0.05, 0.1) is 0 Å². The van der Waals surface area contributed by atoms with Crippen molar-refractivity contribution in [1.29, 1.82) is 0 Å². The highest BCUT2D eigenvalue weighted by Gasteiger charge is 1.96. The average molecular weight is 214 g/mol. The van der Waals surface area contributed by atoms with Gasteiger partial charge in [-0.2, -0.15) is 0 Å². The lowest BCUT2D eigenvalue weighted by molar-refractivity contribution is 1.40. The third-order valence-corrected chi connectivity index (χ3v) is 1.96. The Morgan fingerprint density at radius 3 is 2.69 bits per heavy atom. The molecule has 0 nitrogen and oxygen atoms in total. The highest BCUT2D eigenvalue weighted by molar-refractivity contribution is 5.50. The number of rotatable bonds is 3. The Labute approximate surface area is 100 Å². The van der Waals surface area contributed by atoms with Crippen LogP contribution in [-0.4, -0.2) is 0 Å². The monoisotopic (exact) mass is 214 g/mol. The van der Waals surface area contributed by atoms with Crippen molar-refractivity contribution in [2.45, 2.75) is 27.2 Å². The minimum Gasteiger partial charge on any atom is -0.0990 e. The molecule has 0 unspecified atom stereocenters. The number of allylic oxidation sites excluding steroid dienone is 11. The molecule has 1 aliphatic carbocycles. The molecule has 0 spiro atoms. The summed E-state index contributed by atoms with van der Waals surface area (Å²) in [4.78, 5) is 0. The van der Waals surface area contributed by atoms with E-state index in [9.17, 15) is 0 Å². The molecule has 1 rings (SSSR count). The van der Waals surface area contributed by atoms with E-state index in [2.05, 4.69) is 43.0 Å². The molecule has 86 valence electrons. The molecule has 0 N–H and O–H groups in total. The van der Waals surface area contributed by atoms with Crippen molar-refractivity contribution < 1.29 is 0 Å². The van der Waals surface area contributed by atoms with Crippen LogP contribution in [0.3, 0.4) is 0 Å². The van der Waals surface area contributed by atoms with E-state index in [1.54, 1.807) is 0 Å². The van der Waals surface area contributed by atoms with Crippen LogP contribution in [0.2, 0.25) is 0 Å². The van der Waals surface area contributed by atoms with Gasteiger partial charge in [-0.05, 0) is 24.5 Å². The molecule has 0 fully saturated rings. The molecule has 0 bridgehead atoms. The van der Waals surface area contributed by atoms with Gasteiger partial charge in [0.15, 0.2) is 0 Å². The summed E-state index contributed by atoms with van der Waals surface area (Å²) in [5.41, 5.74) is 2.43. The summed E-state index contributed by atoms with van der Waals surface area (Å²) >= 11 is 0. The number of hydrogen-bond acceptors (Lipinski definition) is 0. The predicted octanol–water partition coefficient (Wildman–Crippen LogP) is 5.14. The van der Waals surface area contributed by atoms with Crippen molar-refractivity contribution >= 4 is 0 Å². The second-order valence-electron chi connectivity index (χ2n) is 3.05. The molecular formula is C16H22.